The van der Waals surface area contributed by atoms with E-state index in [1.165, 1.54) is 24.5 Å². The molecule has 3 heterocycles. The summed E-state index contributed by atoms with van der Waals surface area (Å²) in [5.41, 5.74) is 0. The van der Waals surface area contributed by atoms with Gasteiger partial charge in [0.1, 0.15) is 17.7 Å². The second kappa shape index (κ2) is 7.15. The Bertz CT molecular complexity index is 740. The lowest BCUT2D eigenvalue weighted by molar-refractivity contribution is 0.0286. The van der Waals surface area contributed by atoms with Crippen LogP contribution in [0, 0.1) is 11.6 Å². The fraction of sp³-hybridized carbons (Fsp3) is 0.474. The van der Waals surface area contributed by atoms with Crippen molar-refractivity contribution in [1.29, 1.82) is 0 Å². The van der Waals surface area contributed by atoms with E-state index in [0.717, 1.165) is 32.5 Å². The summed E-state index contributed by atoms with van der Waals surface area (Å²) in [5.74, 6) is 0.622. The van der Waals surface area contributed by atoms with Crippen LogP contribution in [0.5, 0.6) is 5.75 Å². The zero-order valence-electron chi connectivity index (χ0n) is 14.7. The zero-order chi connectivity index (χ0) is 18.1. The summed E-state index contributed by atoms with van der Waals surface area (Å²) in [7, 11) is 0. The molecule has 1 aromatic carbocycles. The molecule has 7 heteroatoms. The summed E-state index contributed by atoms with van der Waals surface area (Å²) in [6, 6.07) is 6.84. The molecule has 0 amide bonds. The second-order valence-electron chi connectivity index (χ2n) is 6.97. The zero-order valence-corrected chi connectivity index (χ0v) is 14.7. The molecule has 0 bridgehead atoms. The second-order valence-corrected chi connectivity index (χ2v) is 6.97. The molecular weight excluding hydrogens is 338 g/mol. The molecule has 2 aliphatic heterocycles. The van der Waals surface area contributed by atoms with E-state index in [9.17, 15) is 8.78 Å². The number of nitrogens with zero attached hydrogens (tertiary/aromatic N) is 4. The summed E-state index contributed by atoms with van der Waals surface area (Å²) in [5, 5.41) is 0. The van der Waals surface area contributed by atoms with Crippen molar-refractivity contribution in [3.63, 3.8) is 0 Å². The largest absolute Gasteiger partial charge is 0.489 e. The smallest absolute Gasteiger partial charge is 0.225 e. The Kier molecular flexibility index (Phi) is 4.72. The maximum absolute atomic E-state index is 13.1. The third-order valence-corrected chi connectivity index (χ3v) is 5.35. The minimum absolute atomic E-state index is 0.109. The highest BCUT2D eigenvalue weighted by Crippen LogP contribution is 2.30. The first-order valence-electron chi connectivity index (χ1n) is 9.00. The standard InChI is InChI=1S/C19H22F2N4O/c1-13-18-7-6-17(26-16-4-2-14(20)3-5-16)12-24(18)8-9-25(13)19-22-10-15(21)11-23-19/h2-5,10-11,13,17-18H,6-9,12H2,1H3/t13?,17-,18+/m0/s1. The van der Waals surface area contributed by atoms with Crippen molar-refractivity contribution in [1.82, 2.24) is 14.9 Å². The van der Waals surface area contributed by atoms with E-state index in [1.807, 2.05) is 0 Å². The molecule has 3 atom stereocenters. The minimum Gasteiger partial charge on any atom is -0.489 e. The summed E-state index contributed by atoms with van der Waals surface area (Å²) < 4.78 is 32.1. The normalized spacial score (nSPS) is 26.4. The van der Waals surface area contributed by atoms with E-state index in [1.54, 1.807) is 12.1 Å². The molecule has 0 spiro atoms. The number of benzene rings is 1. The van der Waals surface area contributed by atoms with Crippen molar-refractivity contribution in [2.24, 2.45) is 0 Å². The Labute approximate surface area is 151 Å². The Morgan fingerprint density at radius 3 is 2.46 bits per heavy atom. The van der Waals surface area contributed by atoms with E-state index in [0.29, 0.717) is 17.7 Å². The molecule has 1 unspecified atom stereocenters. The molecule has 26 heavy (non-hydrogen) atoms. The predicted octanol–water partition coefficient (Wildman–Crippen LogP) is 2.88. The predicted molar refractivity (Wildman–Crippen MR) is 94.2 cm³/mol. The van der Waals surface area contributed by atoms with E-state index in [4.69, 9.17) is 4.74 Å². The molecule has 2 aromatic rings. The molecule has 0 radical (unpaired) electrons. The van der Waals surface area contributed by atoms with Crippen LogP contribution in [-0.2, 0) is 0 Å². The first kappa shape index (κ1) is 17.1. The average Bonchev–Trinajstić information content (AvgIpc) is 2.65. The highest BCUT2D eigenvalue weighted by atomic mass is 19.1. The number of piperidine rings is 1. The average molecular weight is 360 g/mol. The number of aromatic nitrogens is 2. The van der Waals surface area contributed by atoms with Gasteiger partial charge in [-0.3, -0.25) is 4.90 Å². The van der Waals surface area contributed by atoms with Gasteiger partial charge in [0.25, 0.3) is 0 Å². The topological polar surface area (TPSA) is 41.5 Å². The monoisotopic (exact) mass is 360 g/mol. The van der Waals surface area contributed by atoms with Crippen molar-refractivity contribution in [2.45, 2.75) is 38.0 Å². The van der Waals surface area contributed by atoms with Crippen LogP contribution in [0.25, 0.3) is 0 Å². The number of ether oxygens (including phenoxy) is 1. The van der Waals surface area contributed by atoms with Crippen LogP contribution in [-0.4, -0.2) is 52.7 Å². The molecule has 0 N–H and O–H groups in total. The van der Waals surface area contributed by atoms with E-state index >= 15 is 0 Å². The van der Waals surface area contributed by atoms with Crippen LogP contribution in [0.3, 0.4) is 0 Å². The number of hydrogen-bond donors (Lipinski definition) is 0. The molecule has 2 saturated heterocycles. The van der Waals surface area contributed by atoms with Gasteiger partial charge in [0.05, 0.1) is 12.4 Å². The van der Waals surface area contributed by atoms with Gasteiger partial charge >= 0.3 is 0 Å². The molecule has 2 aliphatic rings. The van der Waals surface area contributed by atoms with Gasteiger partial charge in [0, 0.05) is 31.7 Å². The summed E-state index contributed by atoms with van der Waals surface area (Å²) in [6.45, 7) is 4.71. The SMILES string of the molecule is CC1[C@H]2CC[C@H](Oc3ccc(F)cc3)CN2CCN1c1ncc(F)cn1. The van der Waals surface area contributed by atoms with E-state index in [2.05, 4.69) is 26.7 Å². The number of hydrogen-bond acceptors (Lipinski definition) is 5. The number of piperazine rings is 1. The molecule has 0 aliphatic carbocycles. The van der Waals surface area contributed by atoms with Crippen LogP contribution in [0.2, 0.25) is 0 Å². The van der Waals surface area contributed by atoms with Crippen LogP contribution in [0.4, 0.5) is 14.7 Å². The molecule has 5 nitrogen and oxygen atoms in total. The summed E-state index contributed by atoms with van der Waals surface area (Å²) in [6.07, 6.45) is 4.49. The maximum atomic E-state index is 13.1. The van der Waals surface area contributed by atoms with Gasteiger partial charge in [0.2, 0.25) is 5.95 Å². The lowest BCUT2D eigenvalue weighted by Crippen LogP contribution is -2.62. The first-order valence-corrected chi connectivity index (χ1v) is 9.00. The van der Waals surface area contributed by atoms with Crippen LogP contribution < -0.4 is 9.64 Å². The van der Waals surface area contributed by atoms with Crippen molar-refractivity contribution < 1.29 is 13.5 Å². The van der Waals surface area contributed by atoms with Crippen LogP contribution in [0.1, 0.15) is 19.8 Å². The first-order chi connectivity index (χ1) is 12.6. The highest BCUT2D eigenvalue weighted by Gasteiger charge is 2.39. The van der Waals surface area contributed by atoms with Crippen molar-refractivity contribution in [3.05, 3.63) is 48.3 Å². The summed E-state index contributed by atoms with van der Waals surface area (Å²) in [4.78, 5) is 12.9. The molecular formula is C19H22F2N4O. The van der Waals surface area contributed by atoms with Crippen molar-refractivity contribution in [2.75, 3.05) is 24.5 Å². The maximum Gasteiger partial charge on any atom is 0.225 e. The number of anilines is 1. The fourth-order valence-electron chi connectivity index (χ4n) is 4.02. The molecule has 4 rings (SSSR count). The van der Waals surface area contributed by atoms with E-state index in [-0.39, 0.29) is 18.0 Å². The molecule has 1 aromatic heterocycles. The fourth-order valence-corrected chi connectivity index (χ4v) is 4.02. The number of fused-ring (bicyclic) bond motifs is 1. The quantitative estimate of drug-likeness (QED) is 0.842. The third-order valence-electron chi connectivity index (χ3n) is 5.35. The molecule has 0 saturated carbocycles. The van der Waals surface area contributed by atoms with Crippen molar-refractivity contribution in [3.8, 4) is 5.75 Å². The van der Waals surface area contributed by atoms with E-state index < -0.39 is 5.82 Å². The Morgan fingerprint density at radius 1 is 1.00 bits per heavy atom. The third kappa shape index (κ3) is 3.49. The van der Waals surface area contributed by atoms with Gasteiger partial charge in [0.15, 0.2) is 5.82 Å². The molecule has 2 fully saturated rings. The lowest BCUT2D eigenvalue weighted by atomic mass is 9.92. The Hall–Kier alpha value is -2.28. The molecule has 138 valence electrons. The Balaban J connectivity index is 1.40. The summed E-state index contributed by atoms with van der Waals surface area (Å²) >= 11 is 0. The van der Waals surface area contributed by atoms with Gasteiger partial charge in [-0.15, -0.1) is 0 Å². The van der Waals surface area contributed by atoms with Gasteiger partial charge in [-0.1, -0.05) is 0 Å². The highest BCUT2D eigenvalue weighted by molar-refractivity contribution is 5.33. The van der Waals surface area contributed by atoms with Crippen LogP contribution in [0.15, 0.2) is 36.7 Å². The number of halogens is 2. The van der Waals surface area contributed by atoms with Crippen LogP contribution >= 0.6 is 0 Å². The minimum atomic E-state index is -0.418. The number of rotatable bonds is 3. The Morgan fingerprint density at radius 2 is 1.73 bits per heavy atom. The van der Waals surface area contributed by atoms with Gasteiger partial charge in [-0.05, 0) is 44.0 Å². The van der Waals surface area contributed by atoms with Gasteiger partial charge < -0.3 is 9.64 Å². The van der Waals surface area contributed by atoms with Gasteiger partial charge in [-0.25, -0.2) is 18.7 Å². The van der Waals surface area contributed by atoms with Gasteiger partial charge in [-0.2, -0.15) is 0 Å². The lowest BCUT2D eigenvalue weighted by Gasteiger charge is -2.50. The van der Waals surface area contributed by atoms with Crippen molar-refractivity contribution >= 4 is 5.95 Å².